The average molecular weight is 354 g/mol. The van der Waals surface area contributed by atoms with Gasteiger partial charge in [-0.05, 0) is 55.6 Å². The number of amides is 1. The van der Waals surface area contributed by atoms with E-state index in [4.69, 9.17) is 0 Å². The normalized spacial score (nSPS) is 14.0. The van der Waals surface area contributed by atoms with Gasteiger partial charge in [-0.2, -0.15) is 0 Å². The second-order valence-corrected chi connectivity index (χ2v) is 6.88. The van der Waals surface area contributed by atoms with Gasteiger partial charge in [0.1, 0.15) is 10.7 Å². The molecule has 0 unspecified atom stereocenters. The molecule has 2 aromatic heterocycles. The number of aromatic nitrogens is 5. The molecule has 0 saturated carbocycles. The lowest BCUT2D eigenvalue weighted by molar-refractivity contribution is 0.103. The lowest BCUT2D eigenvalue weighted by atomic mass is 10.2. The number of carbonyl (C=O) groups is 1. The zero-order valence-corrected chi connectivity index (χ0v) is 14.7. The van der Waals surface area contributed by atoms with Crippen LogP contribution in [-0.2, 0) is 13.0 Å². The van der Waals surface area contributed by atoms with E-state index in [1.54, 1.807) is 6.92 Å². The first-order chi connectivity index (χ1) is 12.2. The largest absolute Gasteiger partial charge is 0.321 e. The summed E-state index contributed by atoms with van der Waals surface area (Å²) in [4.78, 5) is 12.8. The van der Waals surface area contributed by atoms with Gasteiger partial charge >= 0.3 is 0 Å². The third kappa shape index (κ3) is 3.17. The Bertz CT molecular complexity index is 898. The van der Waals surface area contributed by atoms with Crippen molar-refractivity contribution in [3.63, 3.8) is 0 Å². The van der Waals surface area contributed by atoms with Crippen LogP contribution in [0.5, 0.6) is 0 Å². The number of nitrogens with zero attached hydrogens (tertiary/aromatic N) is 5. The Hall–Kier alpha value is -2.61. The summed E-state index contributed by atoms with van der Waals surface area (Å²) >= 11 is 1.10. The zero-order valence-electron chi connectivity index (χ0n) is 13.9. The van der Waals surface area contributed by atoms with Gasteiger partial charge in [0.25, 0.3) is 5.91 Å². The number of hydrogen-bond donors (Lipinski definition) is 1. The minimum atomic E-state index is -0.184. The van der Waals surface area contributed by atoms with Crippen LogP contribution in [0.1, 0.15) is 40.5 Å². The third-order valence-electron chi connectivity index (χ3n) is 4.37. The van der Waals surface area contributed by atoms with Crippen LogP contribution in [0.3, 0.4) is 0 Å². The van der Waals surface area contributed by atoms with Crippen LogP contribution >= 0.6 is 11.5 Å². The molecule has 0 saturated heterocycles. The summed E-state index contributed by atoms with van der Waals surface area (Å²) in [7, 11) is 0. The summed E-state index contributed by atoms with van der Waals surface area (Å²) < 4.78 is 6.01. The van der Waals surface area contributed by atoms with Gasteiger partial charge in [-0.15, -0.1) is 15.3 Å². The van der Waals surface area contributed by atoms with Crippen molar-refractivity contribution >= 4 is 23.1 Å². The molecule has 128 valence electrons. The Labute approximate surface area is 149 Å². The molecule has 0 fully saturated rings. The van der Waals surface area contributed by atoms with Crippen LogP contribution in [0.2, 0.25) is 0 Å². The van der Waals surface area contributed by atoms with Crippen LogP contribution in [0.4, 0.5) is 5.69 Å². The number of rotatable bonds is 3. The van der Waals surface area contributed by atoms with Gasteiger partial charge in [-0.1, -0.05) is 10.9 Å². The van der Waals surface area contributed by atoms with E-state index in [1.807, 2.05) is 24.3 Å². The molecular weight excluding hydrogens is 336 g/mol. The van der Waals surface area contributed by atoms with Gasteiger partial charge < -0.3 is 9.88 Å². The molecular formula is C17H18N6OS. The number of hydrogen-bond acceptors (Lipinski definition) is 6. The highest BCUT2D eigenvalue weighted by atomic mass is 32.1. The monoisotopic (exact) mass is 354 g/mol. The maximum absolute atomic E-state index is 12.2. The van der Waals surface area contributed by atoms with E-state index < -0.39 is 0 Å². The van der Waals surface area contributed by atoms with Crippen LogP contribution in [0.15, 0.2) is 24.3 Å². The predicted molar refractivity (Wildman–Crippen MR) is 95.6 cm³/mol. The summed E-state index contributed by atoms with van der Waals surface area (Å²) in [6.45, 7) is 2.74. The Morgan fingerprint density at radius 3 is 2.72 bits per heavy atom. The van der Waals surface area contributed by atoms with Crippen LogP contribution in [-0.4, -0.2) is 30.3 Å². The van der Waals surface area contributed by atoms with Gasteiger partial charge in [0.15, 0.2) is 5.82 Å². The topological polar surface area (TPSA) is 85.6 Å². The zero-order chi connectivity index (χ0) is 17.2. The number of benzene rings is 1. The molecule has 1 aliphatic rings. The van der Waals surface area contributed by atoms with Gasteiger partial charge in [0.05, 0.1) is 5.69 Å². The minimum Gasteiger partial charge on any atom is -0.321 e. The number of aryl methyl sites for hydroxylation is 2. The molecule has 3 heterocycles. The molecule has 4 rings (SSSR count). The van der Waals surface area contributed by atoms with Crippen molar-refractivity contribution in [2.24, 2.45) is 0 Å². The van der Waals surface area contributed by atoms with Gasteiger partial charge in [0.2, 0.25) is 0 Å². The molecule has 0 radical (unpaired) electrons. The molecule has 0 aliphatic carbocycles. The second-order valence-electron chi connectivity index (χ2n) is 6.12. The lowest BCUT2D eigenvalue weighted by Crippen LogP contribution is -2.11. The molecule has 1 aliphatic heterocycles. The molecule has 1 aromatic carbocycles. The quantitative estimate of drug-likeness (QED) is 0.781. The minimum absolute atomic E-state index is 0.184. The summed E-state index contributed by atoms with van der Waals surface area (Å²) in [6, 6.07) is 7.70. The van der Waals surface area contributed by atoms with E-state index >= 15 is 0 Å². The molecule has 0 spiro atoms. The second kappa shape index (κ2) is 6.72. The van der Waals surface area contributed by atoms with E-state index in [0.29, 0.717) is 10.6 Å². The first-order valence-corrected chi connectivity index (χ1v) is 9.12. The molecule has 1 N–H and O–H groups in total. The van der Waals surface area contributed by atoms with Gasteiger partial charge in [-0.3, -0.25) is 4.79 Å². The smallest absolute Gasteiger partial charge is 0.269 e. The fraction of sp³-hybridized carbons (Fsp3) is 0.353. The molecule has 8 heteroatoms. The van der Waals surface area contributed by atoms with E-state index in [-0.39, 0.29) is 5.91 Å². The van der Waals surface area contributed by atoms with Crippen LogP contribution in [0, 0.1) is 6.92 Å². The third-order valence-corrected chi connectivity index (χ3v) is 5.19. The van der Waals surface area contributed by atoms with Gasteiger partial charge in [0, 0.05) is 24.2 Å². The van der Waals surface area contributed by atoms with Crippen molar-refractivity contribution in [2.75, 3.05) is 5.32 Å². The van der Waals surface area contributed by atoms with Gasteiger partial charge in [-0.25, -0.2) is 0 Å². The van der Waals surface area contributed by atoms with Crippen molar-refractivity contribution in [1.82, 2.24) is 24.4 Å². The lowest BCUT2D eigenvalue weighted by Gasteiger charge is -2.08. The maximum atomic E-state index is 12.2. The van der Waals surface area contributed by atoms with E-state index in [2.05, 4.69) is 29.7 Å². The molecule has 7 nitrogen and oxygen atoms in total. The summed E-state index contributed by atoms with van der Waals surface area (Å²) in [5.41, 5.74) is 2.39. The highest BCUT2D eigenvalue weighted by molar-refractivity contribution is 7.08. The first kappa shape index (κ1) is 15.9. The molecule has 25 heavy (non-hydrogen) atoms. The van der Waals surface area contributed by atoms with Crippen molar-refractivity contribution < 1.29 is 4.79 Å². The van der Waals surface area contributed by atoms with Crippen molar-refractivity contribution in [3.05, 3.63) is 40.7 Å². The maximum Gasteiger partial charge on any atom is 0.269 e. The summed E-state index contributed by atoms with van der Waals surface area (Å²) in [5, 5.41) is 15.4. The van der Waals surface area contributed by atoms with Crippen molar-refractivity contribution in [3.8, 4) is 11.4 Å². The van der Waals surface area contributed by atoms with E-state index in [9.17, 15) is 4.79 Å². The molecule has 1 amide bonds. The highest BCUT2D eigenvalue weighted by Gasteiger charge is 2.17. The molecule has 0 atom stereocenters. The van der Waals surface area contributed by atoms with Crippen molar-refractivity contribution in [1.29, 1.82) is 0 Å². The fourth-order valence-corrected chi connectivity index (χ4v) is 3.58. The Morgan fingerprint density at radius 2 is 1.96 bits per heavy atom. The number of fused-ring (bicyclic) bond motifs is 1. The Morgan fingerprint density at radius 1 is 1.12 bits per heavy atom. The van der Waals surface area contributed by atoms with Crippen LogP contribution in [0.25, 0.3) is 11.4 Å². The summed E-state index contributed by atoms with van der Waals surface area (Å²) in [6.07, 6.45) is 4.56. The number of carbonyl (C=O) groups excluding carboxylic acids is 1. The SMILES string of the molecule is Cc1nnsc1C(=O)Nc1ccc(-c2nnc3n2CCCCC3)cc1. The fourth-order valence-electron chi connectivity index (χ4n) is 3.03. The van der Waals surface area contributed by atoms with E-state index in [0.717, 1.165) is 53.8 Å². The standard InChI is InChI=1S/C17H18N6OS/c1-11-15(25-22-19-11)17(24)18-13-8-6-12(7-9-13)16-21-20-14-5-3-2-4-10-23(14)16/h6-9H,2-5,10H2,1H3,(H,18,24). The van der Waals surface area contributed by atoms with Crippen molar-refractivity contribution in [2.45, 2.75) is 39.2 Å². The Balaban J connectivity index is 1.54. The molecule has 3 aromatic rings. The first-order valence-electron chi connectivity index (χ1n) is 8.35. The highest BCUT2D eigenvalue weighted by Crippen LogP contribution is 2.24. The number of nitrogens with one attached hydrogen (secondary N) is 1. The van der Waals surface area contributed by atoms with Crippen LogP contribution < -0.4 is 5.32 Å². The Kier molecular flexibility index (Phi) is 4.27. The summed E-state index contributed by atoms with van der Waals surface area (Å²) in [5.74, 6) is 1.78. The predicted octanol–water partition coefficient (Wildman–Crippen LogP) is 3.08. The molecule has 0 bridgehead atoms. The average Bonchev–Trinajstić information content (AvgIpc) is 3.15. The van der Waals surface area contributed by atoms with E-state index in [1.165, 1.54) is 12.8 Å². The number of anilines is 1.